The summed E-state index contributed by atoms with van der Waals surface area (Å²) in [5.41, 5.74) is 1.99. The lowest BCUT2D eigenvalue weighted by molar-refractivity contribution is 0.288. The van der Waals surface area contributed by atoms with Crippen molar-refractivity contribution in [2.75, 3.05) is 13.2 Å². The maximum atomic E-state index is 14.3. The molecule has 0 heterocycles. The number of halogens is 2. The molecule has 0 saturated heterocycles. The fourth-order valence-electron chi connectivity index (χ4n) is 2.88. The van der Waals surface area contributed by atoms with Crippen molar-refractivity contribution in [3.63, 3.8) is 0 Å². The van der Waals surface area contributed by atoms with Crippen LogP contribution in [-0.2, 0) is 0 Å². The first kappa shape index (κ1) is 24.9. The highest BCUT2D eigenvalue weighted by Crippen LogP contribution is 2.24. The minimum Gasteiger partial charge on any atom is -0.494 e. The van der Waals surface area contributed by atoms with E-state index < -0.39 is 11.6 Å². The van der Waals surface area contributed by atoms with E-state index in [2.05, 4.69) is 29.0 Å². The van der Waals surface area contributed by atoms with Gasteiger partial charge < -0.3 is 9.47 Å². The quantitative estimate of drug-likeness (QED) is 0.173. The average molecular weight is 463 g/mol. The second-order valence-corrected chi connectivity index (χ2v) is 7.63. The Kier molecular flexibility index (Phi) is 9.60. The zero-order valence-electron chi connectivity index (χ0n) is 19.5. The van der Waals surface area contributed by atoms with Gasteiger partial charge in [-0.1, -0.05) is 38.5 Å². The summed E-state index contributed by atoms with van der Waals surface area (Å²) in [5.74, 6) is 4.22. The summed E-state index contributed by atoms with van der Waals surface area (Å²) >= 11 is 0. The number of unbranched alkanes of at least 4 members (excludes halogenated alkanes) is 2. The van der Waals surface area contributed by atoms with Crippen LogP contribution in [0.2, 0.25) is 0 Å². The fourth-order valence-corrected chi connectivity index (χ4v) is 2.88. The third-order valence-corrected chi connectivity index (χ3v) is 4.90. The lowest BCUT2D eigenvalue weighted by Gasteiger charge is -2.07. The molecule has 0 aliphatic heterocycles. The van der Waals surface area contributed by atoms with Gasteiger partial charge in [0.05, 0.1) is 30.2 Å². The minimum absolute atomic E-state index is 0.0220. The maximum absolute atomic E-state index is 14.3. The number of nitrogens with zero attached hydrogens (tertiary/aromatic N) is 2. The first-order chi connectivity index (χ1) is 16.6. The number of hydrogen-bond donors (Lipinski definition) is 0. The summed E-state index contributed by atoms with van der Waals surface area (Å²) in [6.07, 6.45) is 3.80. The minimum atomic E-state index is -1.01. The van der Waals surface area contributed by atoms with Gasteiger partial charge in [0.1, 0.15) is 5.75 Å². The number of rotatable bonds is 10. The highest BCUT2D eigenvalue weighted by molar-refractivity contribution is 5.49. The predicted octanol–water partition coefficient (Wildman–Crippen LogP) is 8.14. The smallest absolute Gasteiger partial charge is 0.201 e. The molecule has 0 saturated carbocycles. The monoisotopic (exact) mass is 462 g/mol. The van der Waals surface area contributed by atoms with Crippen LogP contribution in [0.1, 0.15) is 50.7 Å². The normalized spacial score (nSPS) is 10.7. The van der Waals surface area contributed by atoms with Gasteiger partial charge in [-0.2, -0.15) is 14.6 Å². The summed E-state index contributed by atoms with van der Waals surface area (Å²) < 4.78 is 39.4. The van der Waals surface area contributed by atoms with Crippen molar-refractivity contribution in [2.45, 2.75) is 39.5 Å². The van der Waals surface area contributed by atoms with Gasteiger partial charge in [-0.25, -0.2) is 4.39 Å². The Morgan fingerprint density at radius 2 is 1.26 bits per heavy atom. The summed E-state index contributed by atoms with van der Waals surface area (Å²) in [6, 6.07) is 17.3. The SMILES string of the molecule is CCCCOc1ccc(N=Nc2ccc(C#Cc3ccc(OCCCC)c(F)c3F)cc2)cc1. The van der Waals surface area contributed by atoms with Crippen LogP contribution in [0.3, 0.4) is 0 Å². The van der Waals surface area contributed by atoms with Gasteiger partial charge >= 0.3 is 0 Å². The zero-order chi connectivity index (χ0) is 24.2. The van der Waals surface area contributed by atoms with E-state index in [-0.39, 0.29) is 11.3 Å². The van der Waals surface area contributed by atoms with Gasteiger partial charge in [-0.05, 0) is 73.5 Å². The van der Waals surface area contributed by atoms with Crippen LogP contribution in [0.25, 0.3) is 0 Å². The molecule has 4 nitrogen and oxygen atoms in total. The van der Waals surface area contributed by atoms with Crippen molar-refractivity contribution < 1.29 is 18.3 Å². The first-order valence-corrected chi connectivity index (χ1v) is 11.5. The Morgan fingerprint density at radius 1 is 0.676 bits per heavy atom. The lowest BCUT2D eigenvalue weighted by atomic mass is 10.1. The standard InChI is InChI=1S/C28H28F2N2O2/c1-3-5-19-33-25-16-14-24(15-17-25)32-31-23-12-8-21(9-13-23)7-10-22-11-18-26(28(30)27(22)29)34-20-6-4-2/h8-9,11-18H,3-6,19-20H2,1-2H3. The molecule has 0 aliphatic carbocycles. The Balaban J connectivity index is 1.61. The lowest BCUT2D eigenvalue weighted by Crippen LogP contribution is -2.01. The van der Waals surface area contributed by atoms with Crippen LogP contribution < -0.4 is 9.47 Å². The molecule has 0 spiro atoms. The third kappa shape index (κ3) is 7.41. The Labute approximate surface area is 199 Å². The molecule has 3 aromatic rings. The van der Waals surface area contributed by atoms with Crippen LogP contribution >= 0.6 is 0 Å². The highest BCUT2D eigenvalue weighted by Gasteiger charge is 2.13. The van der Waals surface area contributed by atoms with Crippen molar-refractivity contribution in [3.8, 4) is 23.3 Å². The topological polar surface area (TPSA) is 43.2 Å². The Bertz CT molecular complexity index is 1150. The molecule has 0 N–H and O–H groups in total. The second-order valence-electron chi connectivity index (χ2n) is 7.63. The summed E-state index contributed by atoms with van der Waals surface area (Å²) in [7, 11) is 0. The molecular weight excluding hydrogens is 434 g/mol. The van der Waals surface area contributed by atoms with Crippen molar-refractivity contribution in [1.29, 1.82) is 0 Å². The number of benzene rings is 3. The predicted molar refractivity (Wildman–Crippen MR) is 130 cm³/mol. The van der Waals surface area contributed by atoms with E-state index in [9.17, 15) is 8.78 Å². The number of ether oxygens (including phenoxy) is 2. The molecule has 0 fully saturated rings. The van der Waals surface area contributed by atoms with Gasteiger partial charge in [-0.15, -0.1) is 0 Å². The van der Waals surface area contributed by atoms with Crippen molar-refractivity contribution in [3.05, 3.63) is 83.4 Å². The molecule has 34 heavy (non-hydrogen) atoms. The van der Waals surface area contributed by atoms with Crippen molar-refractivity contribution >= 4 is 11.4 Å². The Morgan fingerprint density at radius 3 is 1.88 bits per heavy atom. The van der Waals surface area contributed by atoms with Gasteiger partial charge in [0.2, 0.25) is 5.82 Å². The molecule has 6 heteroatoms. The molecule has 0 aromatic heterocycles. The van der Waals surface area contributed by atoms with Gasteiger partial charge in [0.25, 0.3) is 0 Å². The number of azo groups is 1. The Hall–Kier alpha value is -3.72. The summed E-state index contributed by atoms with van der Waals surface area (Å²) in [6.45, 7) is 5.17. The largest absolute Gasteiger partial charge is 0.494 e. The van der Waals surface area contributed by atoms with Gasteiger partial charge in [0.15, 0.2) is 11.6 Å². The van der Waals surface area contributed by atoms with Gasteiger partial charge in [0, 0.05) is 5.56 Å². The summed E-state index contributed by atoms with van der Waals surface area (Å²) in [5, 5.41) is 8.44. The van der Waals surface area contributed by atoms with E-state index in [0.29, 0.717) is 30.2 Å². The molecule has 0 atom stereocenters. The van der Waals surface area contributed by atoms with Crippen molar-refractivity contribution in [2.24, 2.45) is 10.2 Å². The van der Waals surface area contributed by atoms with E-state index >= 15 is 0 Å². The number of hydrogen-bond acceptors (Lipinski definition) is 4. The highest BCUT2D eigenvalue weighted by atomic mass is 19.2. The summed E-state index contributed by atoms with van der Waals surface area (Å²) in [4.78, 5) is 0. The van der Waals surface area contributed by atoms with Gasteiger partial charge in [-0.3, -0.25) is 0 Å². The molecule has 176 valence electrons. The maximum Gasteiger partial charge on any atom is 0.201 e. The molecule has 3 aromatic carbocycles. The molecule has 0 aliphatic rings. The van der Waals surface area contributed by atoms with Crippen LogP contribution in [0.15, 0.2) is 70.9 Å². The van der Waals surface area contributed by atoms with E-state index in [1.165, 1.54) is 12.1 Å². The van der Waals surface area contributed by atoms with Crippen molar-refractivity contribution in [1.82, 2.24) is 0 Å². The van der Waals surface area contributed by atoms with E-state index in [1.54, 1.807) is 24.3 Å². The molecule has 0 bridgehead atoms. The zero-order valence-corrected chi connectivity index (χ0v) is 19.5. The van der Waals surface area contributed by atoms with E-state index in [0.717, 1.165) is 31.4 Å². The second kappa shape index (κ2) is 13.1. The molecule has 0 amide bonds. The third-order valence-electron chi connectivity index (χ3n) is 4.90. The fraction of sp³-hybridized carbons (Fsp3) is 0.286. The van der Waals surface area contributed by atoms with Crippen LogP contribution in [0, 0.1) is 23.5 Å². The van der Waals surface area contributed by atoms with E-state index in [4.69, 9.17) is 9.47 Å². The first-order valence-electron chi connectivity index (χ1n) is 11.5. The molecule has 3 rings (SSSR count). The van der Waals surface area contributed by atoms with Crippen LogP contribution in [0.5, 0.6) is 11.5 Å². The molecule has 0 radical (unpaired) electrons. The van der Waals surface area contributed by atoms with E-state index in [1.807, 2.05) is 31.2 Å². The van der Waals surface area contributed by atoms with Crippen LogP contribution in [0.4, 0.5) is 20.2 Å². The average Bonchev–Trinajstić information content (AvgIpc) is 2.86. The van der Waals surface area contributed by atoms with Crippen LogP contribution in [-0.4, -0.2) is 13.2 Å². The molecular formula is C28H28F2N2O2. The molecule has 0 unspecified atom stereocenters.